The number of hydrogen-bond acceptors (Lipinski definition) is 10. The molecule has 184 valence electrons. The van der Waals surface area contributed by atoms with Crippen LogP contribution in [0, 0.1) is 13.8 Å². The minimum Gasteiger partial charge on any atom is -0.857 e. The first-order valence-corrected chi connectivity index (χ1v) is 10.5. The quantitative estimate of drug-likeness (QED) is 0.112. The maximum Gasteiger partial charge on any atom is 1.00 e. The number of aliphatic hydroxyl groups is 3. The predicted octanol–water partition coefficient (Wildman–Crippen LogP) is -6.47. The van der Waals surface area contributed by atoms with E-state index in [2.05, 4.69) is 19.5 Å². The molecule has 9 N–H and O–H groups in total. The van der Waals surface area contributed by atoms with Gasteiger partial charge in [0.05, 0.1) is 24.2 Å². The van der Waals surface area contributed by atoms with Crippen LogP contribution in [0.3, 0.4) is 0 Å². The molecule has 2 aliphatic rings. The van der Waals surface area contributed by atoms with Crippen molar-refractivity contribution in [1.29, 1.82) is 0 Å². The minimum absolute atomic E-state index is 0. The van der Waals surface area contributed by atoms with E-state index >= 15 is 0 Å². The standard InChI is InChI=1S/C17H21N4O9P.Na.2H2O/c1-7-3-9-10(4-8(7)2)21(15-13(18-9)16(25)20-17(26)19-15)5-11(22)14(24)12(23)6-30-31(27,28)29;;;/h3-4,11-12,14,22-24H,5-6H2,1-2H3,(H,20,25,26)(H2,27,28,29);;2*1H2/q;+1;;/p-1/t11-,12+,14-;;;/m0.../s1. The van der Waals surface area contributed by atoms with Crippen LogP contribution in [0.2, 0.25) is 0 Å². The summed E-state index contributed by atoms with van der Waals surface area (Å²) in [6, 6.07) is 3.39. The van der Waals surface area contributed by atoms with E-state index in [1.807, 2.05) is 13.8 Å². The van der Waals surface area contributed by atoms with Crippen LogP contribution < -0.4 is 40.4 Å². The van der Waals surface area contributed by atoms with E-state index in [-0.39, 0.29) is 52.0 Å². The number of fused-ring (bicyclic) bond motifs is 2. The molecule has 0 saturated carbocycles. The van der Waals surface area contributed by atoms with E-state index in [0.29, 0.717) is 11.0 Å². The van der Waals surface area contributed by atoms with E-state index in [0.717, 1.165) is 11.1 Å². The SMILES string of the molecule is Cc1cc2nc3c([O-])nc(=O)nc-3n(C[C@H](O)[C@H](O)[C@H](O)COP(=O)(O)O)c2cc1C.O.O.[Na+]. The summed E-state index contributed by atoms with van der Waals surface area (Å²) in [5.41, 5.74) is 1.17. The van der Waals surface area contributed by atoms with E-state index in [1.54, 1.807) is 12.1 Å². The van der Waals surface area contributed by atoms with Crippen molar-refractivity contribution in [1.82, 2.24) is 19.5 Å². The molecule has 2 aliphatic heterocycles. The molecular formula is C17H24N4NaO11P. The Bertz CT molecular complexity index is 1200. The van der Waals surface area contributed by atoms with Gasteiger partial charge < -0.3 is 45.7 Å². The van der Waals surface area contributed by atoms with E-state index in [9.17, 15) is 29.8 Å². The van der Waals surface area contributed by atoms with Crippen molar-refractivity contribution < 1.29 is 79.8 Å². The topological polar surface area (TPSA) is 274 Å². The fourth-order valence-corrected chi connectivity index (χ4v) is 3.37. The molecule has 0 amide bonds. The van der Waals surface area contributed by atoms with Gasteiger partial charge in [-0.3, -0.25) is 4.52 Å². The molecule has 34 heavy (non-hydrogen) atoms. The Morgan fingerprint density at radius 2 is 1.65 bits per heavy atom. The van der Waals surface area contributed by atoms with Crippen LogP contribution in [0.1, 0.15) is 11.1 Å². The summed E-state index contributed by atoms with van der Waals surface area (Å²) in [6.07, 6.45) is -5.42. The van der Waals surface area contributed by atoms with E-state index in [4.69, 9.17) is 9.79 Å². The Morgan fingerprint density at radius 3 is 2.24 bits per heavy atom. The smallest absolute Gasteiger partial charge is 0.857 e. The number of aryl methyl sites for hydroxylation is 2. The van der Waals surface area contributed by atoms with Gasteiger partial charge >= 0.3 is 43.1 Å². The van der Waals surface area contributed by atoms with E-state index < -0.39 is 50.9 Å². The van der Waals surface area contributed by atoms with Crippen molar-refractivity contribution in [2.75, 3.05) is 6.61 Å². The van der Waals surface area contributed by atoms with E-state index in [1.165, 1.54) is 4.57 Å². The molecule has 3 rings (SSSR count). The van der Waals surface area contributed by atoms with Crippen molar-refractivity contribution in [2.45, 2.75) is 38.7 Å². The Balaban J connectivity index is 0.00000363. The normalized spacial score (nSPS) is 14.0. The van der Waals surface area contributed by atoms with Crippen molar-refractivity contribution in [3.8, 4) is 17.4 Å². The van der Waals surface area contributed by atoms with Crippen LogP contribution in [0.4, 0.5) is 0 Å². The van der Waals surface area contributed by atoms with Gasteiger partial charge in [0, 0.05) is 5.88 Å². The number of nitrogens with zero attached hydrogens (tertiary/aromatic N) is 4. The first-order valence-electron chi connectivity index (χ1n) is 8.98. The number of aliphatic hydroxyl groups excluding tert-OH is 3. The molecule has 0 aliphatic carbocycles. The second-order valence-electron chi connectivity index (χ2n) is 7.04. The average Bonchev–Trinajstić information content (AvgIpc) is 2.67. The van der Waals surface area contributed by atoms with Gasteiger partial charge in [0.15, 0.2) is 5.82 Å². The maximum atomic E-state index is 12.2. The Kier molecular flexibility index (Phi) is 11.8. The van der Waals surface area contributed by atoms with Crippen molar-refractivity contribution >= 4 is 18.9 Å². The number of hydrogen-bond donors (Lipinski definition) is 5. The number of phosphoric ester groups is 1. The molecule has 0 unspecified atom stereocenters. The molecule has 0 aromatic heterocycles. The Hall–Kier alpha value is -1.59. The molecule has 0 spiro atoms. The second-order valence-corrected chi connectivity index (χ2v) is 8.28. The summed E-state index contributed by atoms with van der Waals surface area (Å²) >= 11 is 0. The van der Waals surface area contributed by atoms with Gasteiger partial charge in [-0.2, -0.15) is 4.98 Å². The van der Waals surface area contributed by atoms with Gasteiger partial charge in [-0.15, -0.1) is 0 Å². The van der Waals surface area contributed by atoms with Gasteiger partial charge in [0.2, 0.25) is 0 Å². The largest absolute Gasteiger partial charge is 1.00 e. The third-order valence-electron chi connectivity index (χ3n) is 4.75. The summed E-state index contributed by atoms with van der Waals surface area (Å²) in [6.45, 7) is 2.26. The molecule has 15 nitrogen and oxygen atoms in total. The number of phosphoric acid groups is 1. The van der Waals surface area contributed by atoms with Gasteiger partial charge in [0.1, 0.15) is 24.0 Å². The molecule has 1 aromatic carbocycles. The monoisotopic (exact) mass is 514 g/mol. The molecule has 0 saturated heterocycles. The fraction of sp³-hybridized carbons (Fsp3) is 0.412. The Labute approximate surface area is 214 Å². The third-order valence-corrected chi connectivity index (χ3v) is 5.24. The molecule has 3 atom stereocenters. The van der Waals surface area contributed by atoms with Crippen molar-refractivity contribution in [3.63, 3.8) is 0 Å². The van der Waals surface area contributed by atoms with Crippen LogP contribution in [-0.2, 0) is 15.6 Å². The summed E-state index contributed by atoms with van der Waals surface area (Å²) < 4.78 is 16.2. The molecule has 0 fully saturated rings. The number of aromatic nitrogens is 4. The van der Waals surface area contributed by atoms with Crippen molar-refractivity contribution in [2.24, 2.45) is 0 Å². The summed E-state index contributed by atoms with van der Waals surface area (Å²) in [7, 11) is -4.90. The van der Waals surface area contributed by atoms with Crippen LogP contribution in [0.25, 0.3) is 22.6 Å². The molecule has 0 bridgehead atoms. The van der Waals surface area contributed by atoms with Gasteiger partial charge in [-0.05, 0) is 37.1 Å². The zero-order valence-corrected chi connectivity index (χ0v) is 21.3. The van der Waals surface area contributed by atoms with Crippen LogP contribution in [-0.4, -0.2) is 80.5 Å². The predicted molar refractivity (Wildman–Crippen MR) is 110 cm³/mol. The summed E-state index contributed by atoms with van der Waals surface area (Å²) in [4.78, 5) is 40.3. The molecule has 0 radical (unpaired) electrons. The first-order chi connectivity index (χ1) is 14.4. The summed E-state index contributed by atoms with van der Waals surface area (Å²) in [5.74, 6) is -1.08. The molecule has 1 aromatic rings. The zero-order valence-electron chi connectivity index (χ0n) is 18.4. The second kappa shape index (κ2) is 12.4. The van der Waals surface area contributed by atoms with Crippen molar-refractivity contribution in [3.05, 3.63) is 33.7 Å². The Morgan fingerprint density at radius 1 is 1.06 bits per heavy atom. The molecule has 2 heterocycles. The third kappa shape index (κ3) is 7.21. The fourth-order valence-electron chi connectivity index (χ4n) is 3.02. The minimum atomic E-state index is -4.90. The van der Waals surface area contributed by atoms with Crippen LogP contribution in [0.15, 0.2) is 16.9 Å². The van der Waals surface area contributed by atoms with Gasteiger partial charge in [-0.1, -0.05) is 0 Å². The molecular weight excluding hydrogens is 490 g/mol. The van der Waals surface area contributed by atoms with Gasteiger partial charge in [-0.25, -0.2) is 19.3 Å². The van der Waals surface area contributed by atoms with Gasteiger partial charge in [0.25, 0.3) is 0 Å². The number of rotatable bonds is 7. The van der Waals surface area contributed by atoms with Crippen LogP contribution >= 0.6 is 7.82 Å². The maximum absolute atomic E-state index is 12.2. The number of benzene rings is 1. The first kappa shape index (κ1) is 32.4. The van der Waals surface area contributed by atoms with Crippen LogP contribution in [0.5, 0.6) is 5.88 Å². The zero-order chi connectivity index (χ0) is 23.1. The average molecular weight is 514 g/mol. The molecule has 17 heteroatoms. The summed E-state index contributed by atoms with van der Waals surface area (Å²) in [5, 5.41) is 42.7.